The summed E-state index contributed by atoms with van der Waals surface area (Å²) in [6.07, 6.45) is 1.60. The van der Waals surface area contributed by atoms with Gasteiger partial charge in [-0.05, 0) is 49.6 Å². The van der Waals surface area contributed by atoms with Gasteiger partial charge < -0.3 is 0 Å². The van der Waals surface area contributed by atoms with Gasteiger partial charge in [0.1, 0.15) is 11.7 Å². The van der Waals surface area contributed by atoms with Gasteiger partial charge in [0, 0.05) is 13.2 Å². The average Bonchev–Trinajstić information content (AvgIpc) is 2.47. The lowest BCUT2D eigenvalue weighted by Crippen LogP contribution is -2.42. The molecule has 3 rings (SSSR count). The first-order chi connectivity index (χ1) is 10.4. The minimum absolute atomic E-state index is 0.166. The largest absolute Gasteiger partial charge is 0.298 e. The van der Waals surface area contributed by atoms with E-state index in [1.807, 2.05) is 32.9 Å². The van der Waals surface area contributed by atoms with E-state index in [-0.39, 0.29) is 11.7 Å². The normalized spacial score (nSPS) is 17.6. The molecule has 0 spiro atoms. The van der Waals surface area contributed by atoms with Crippen LogP contribution in [0.1, 0.15) is 38.5 Å². The van der Waals surface area contributed by atoms with Gasteiger partial charge in [0.15, 0.2) is 5.78 Å². The Kier molecular flexibility index (Phi) is 3.32. The Bertz CT molecular complexity index is 772. The second-order valence-electron chi connectivity index (χ2n) is 5.88. The van der Waals surface area contributed by atoms with E-state index in [0.717, 1.165) is 22.3 Å². The number of carbonyl (C=O) groups excluding carboxylic acids is 2. The highest BCUT2D eigenvalue weighted by Crippen LogP contribution is 2.36. The van der Waals surface area contributed by atoms with E-state index in [2.05, 4.69) is 4.98 Å². The van der Waals surface area contributed by atoms with E-state index >= 15 is 0 Å². The average molecular weight is 294 g/mol. The van der Waals surface area contributed by atoms with Gasteiger partial charge in [-0.2, -0.15) is 0 Å². The van der Waals surface area contributed by atoms with Gasteiger partial charge in [-0.3, -0.25) is 14.5 Å². The predicted octanol–water partition coefficient (Wildman–Crippen LogP) is 2.95. The molecule has 0 radical (unpaired) electrons. The molecule has 0 bridgehead atoms. The van der Waals surface area contributed by atoms with Crippen molar-refractivity contribution in [3.05, 3.63) is 58.3 Å². The molecule has 1 aromatic carbocycles. The Hall–Kier alpha value is -2.49. The molecule has 0 saturated carbocycles. The molecular weight excluding hydrogens is 276 g/mol. The zero-order valence-corrected chi connectivity index (χ0v) is 13.2. The van der Waals surface area contributed by atoms with Gasteiger partial charge in [0.25, 0.3) is 0 Å². The van der Waals surface area contributed by atoms with Crippen molar-refractivity contribution in [1.82, 2.24) is 4.98 Å². The molecule has 2 heterocycles. The molecule has 22 heavy (non-hydrogen) atoms. The Morgan fingerprint density at radius 2 is 1.73 bits per heavy atom. The van der Waals surface area contributed by atoms with Crippen molar-refractivity contribution in [3.63, 3.8) is 0 Å². The molecule has 0 aliphatic carbocycles. The number of benzene rings is 1. The Morgan fingerprint density at radius 3 is 2.36 bits per heavy atom. The Balaban J connectivity index is 2.21. The number of hydrogen-bond acceptors (Lipinski definition) is 3. The van der Waals surface area contributed by atoms with Gasteiger partial charge >= 0.3 is 0 Å². The molecule has 4 nitrogen and oxygen atoms in total. The SMILES string of the molecule is Cc1cc(C)c(C2C(=O)c3cccnc3N(C)C2=O)c(C)c1. The molecular formula is C18H18N2O2. The first-order valence-corrected chi connectivity index (χ1v) is 7.26. The number of aromatic nitrogens is 1. The quantitative estimate of drug-likeness (QED) is 0.760. The van der Waals surface area contributed by atoms with Crippen LogP contribution in [0.2, 0.25) is 0 Å². The molecule has 4 heteroatoms. The number of Topliss-reactive ketones (excluding diaryl/α,β-unsaturated/α-hetero) is 1. The van der Waals surface area contributed by atoms with Crippen molar-refractivity contribution in [3.8, 4) is 0 Å². The summed E-state index contributed by atoms with van der Waals surface area (Å²) in [6, 6.07) is 7.50. The third-order valence-electron chi connectivity index (χ3n) is 4.24. The summed E-state index contributed by atoms with van der Waals surface area (Å²) < 4.78 is 0. The van der Waals surface area contributed by atoms with Gasteiger partial charge in [0.2, 0.25) is 5.91 Å². The zero-order valence-electron chi connectivity index (χ0n) is 13.2. The van der Waals surface area contributed by atoms with Crippen LogP contribution in [0.4, 0.5) is 5.82 Å². The fraction of sp³-hybridized carbons (Fsp3) is 0.278. The molecule has 0 N–H and O–H groups in total. The molecule has 1 atom stereocenters. The van der Waals surface area contributed by atoms with Gasteiger partial charge in [0.05, 0.1) is 5.56 Å². The van der Waals surface area contributed by atoms with Crippen LogP contribution in [0.15, 0.2) is 30.5 Å². The standard InChI is InChI=1S/C18H18N2O2/c1-10-8-11(2)14(12(3)9-10)15-16(21)13-6-5-7-19-17(13)20(4)18(15)22/h5-9,15H,1-4H3. The fourth-order valence-corrected chi connectivity index (χ4v) is 3.32. The van der Waals surface area contributed by atoms with Gasteiger partial charge in [-0.25, -0.2) is 4.98 Å². The van der Waals surface area contributed by atoms with Crippen molar-refractivity contribution in [2.24, 2.45) is 0 Å². The highest BCUT2D eigenvalue weighted by atomic mass is 16.2. The Labute approximate surface area is 129 Å². The van der Waals surface area contributed by atoms with Gasteiger partial charge in [-0.15, -0.1) is 0 Å². The number of rotatable bonds is 1. The molecule has 112 valence electrons. The first kappa shape index (κ1) is 14.4. The second kappa shape index (κ2) is 5.05. The summed E-state index contributed by atoms with van der Waals surface area (Å²) in [7, 11) is 1.67. The van der Waals surface area contributed by atoms with Crippen molar-refractivity contribution < 1.29 is 9.59 Å². The molecule has 1 aliphatic heterocycles. The van der Waals surface area contributed by atoms with E-state index in [1.54, 1.807) is 25.4 Å². The van der Waals surface area contributed by atoms with Gasteiger partial charge in [-0.1, -0.05) is 17.7 Å². The summed E-state index contributed by atoms with van der Waals surface area (Å²) in [4.78, 5) is 31.3. The van der Waals surface area contributed by atoms with Crippen molar-refractivity contribution in [1.29, 1.82) is 0 Å². The van der Waals surface area contributed by atoms with E-state index < -0.39 is 5.92 Å². The Morgan fingerprint density at radius 1 is 1.09 bits per heavy atom. The van der Waals surface area contributed by atoms with Crippen LogP contribution in [0.25, 0.3) is 0 Å². The summed E-state index contributed by atoms with van der Waals surface area (Å²) in [5.41, 5.74) is 4.41. The minimum Gasteiger partial charge on any atom is -0.298 e. The highest BCUT2D eigenvalue weighted by Gasteiger charge is 2.40. The maximum absolute atomic E-state index is 12.9. The summed E-state index contributed by atoms with van der Waals surface area (Å²) in [5.74, 6) is -0.717. The number of pyridine rings is 1. The van der Waals surface area contributed by atoms with Crippen LogP contribution < -0.4 is 4.90 Å². The summed E-state index contributed by atoms with van der Waals surface area (Å²) >= 11 is 0. The number of ketones is 1. The molecule has 0 saturated heterocycles. The van der Waals surface area contributed by atoms with Crippen LogP contribution >= 0.6 is 0 Å². The number of fused-ring (bicyclic) bond motifs is 1. The van der Waals surface area contributed by atoms with Crippen LogP contribution in [0.3, 0.4) is 0 Å². The van der Waals surface area contributed by atoms with Crippen LogP contribution in [0.5, 0.6) is 0 Å². The van der Waals surface area contributed by atoms with E-state index in [1.165, 1.54) is 4.90 Å². The molecule has 1 aromatic heterocycles. The molecule has 1 amide bonds. The lowest BCUT2D eigenvalue weighted by Gasteiger charge is -2.31. The molecule has 1 aliphatic rings. The monoisotopic (exact) mass is 294 g/mol. The maximum Gasteiger partial charge on any atom is 0.243 e. The zero-order chi connectivity index (χ0) is 16.0. The lowest BCUT2D eigenvalue weighted by molar-refractivity contribution is -0.119. The summed E-state index contributed by atoms with van der Waals surface area (Å²) in [5, 5.41) is 0. The number of hydrogen-bond donors (Lipinski definition) is 0. The lowest BCUT2D eigenvalue weighted by atomic mass is 9.81. The third kappa shape index (κ3) is 2.03. The first-order valence-electron chi connectivity index (χ1n) is 7.26. The minimum atomic E-state index is -0.776. The number of carbonyl (C=O) groups is 2. The third-order valence-corrected chi connectivity index (χ3v) is 4.24. The van der Waals surface area contributed by atoms with Crippen molar-refractivity contribution in [2.45, 2.75) is 26.7 Å². The number of amides is 1. The van der Waals surface area contributed by atoms with Crippen LogP contribution in [0, 0.1) is 20.8 Å². The number of anilines is 1. The van der Waals surface area contributed by atoms with E-state index in [4.69, 9.17) is 0 Å². The predicted molar refractivity (Wildman–Crippen MR) is 85.4 cm³/mol. The summed E-state index contributed by atoms with van der Waals surface area (Å²) in [6.45, 7) is 5.92. The number of likely N-dealkylation sites (N-methyl/N-ethyl adjacent to an activating group) is 1. The van der Waals surface area contributed by atoms with Crippen LogP contribution in [-0.2, 0) is 4.79 Å². The van der Waals surface area contributed by atoms with Crippen molar-refractivity contribution >= 4 is 17.5 Å². The molecule has 1 unspecified atom stereocenters. The van der Waals surface area contributed by atoms with E-state index in [0.29, 0.717) is 11.4 Å². The fourth-order valence-electron chi connectivity index (χ4n) is 3.32. The number of aryl methyl sites for hydroxylation is 3. The second-order valence-corrected chi connectivity index (χ2v) is 5.88. The maximum atomic E-state index is 12.9. The molecule has 0 fully saturated rings. The van der Waals surface area contributed by atoms with Crippen LogP contribution in [-0.4, -0.2) is 23.7 Å². The highest BCUT2D eigenvalue weighted by molar-refractivity contribution is 6.24. The molecule has 2 aromatic rings. The topological polar surface area (TPSA) is 50.3 Å². The number of nitrogens with zero attached hydrogens (tertiary/aromatic N) is 2. The van der Waals surface area contributed by atoms with Crippen molar-refractivity contribution in [2.75, 3.05) is 11.9 Å². The van der Waals surface area contributed by atoms with E-state index in [9.17, 15) is 9.59 Å². The smallest absolute Gasteiger partial charge is 0.243 e.